The van der Waals surface area contributed by atoms with E-state index in [2.05, 4.69) is 9.82 Å². The Balaban J connectivity index is 2.61. The van der Waals surface area contributed by atoms with Crippen molar-refractivity contribution in [1.82, 2.24) is 14.3 Å². The fourth-order valence-electron chi connectivity index (χ4n) is 1.59. The van der Waals surface area contributed by atoms with E-state index in [1.807, 2.05) is 0 Å². The maximum absolute atomic E-state index is 12.6. The summed E-state index contributed by atoms with van der Waals surface area (Å²) in [6.45, 7) is -3.07. The molecular weight excluding hydrogens is 365 g/mol. The van der Waals surface area contributed by atoms with Crippen LogP contribution in [0.4, 0.5) is 14.5 Å². The number of halogens is 4. The van der Waals surface area contributed by atoms with Crippen LogP contribution in [0, 0.1) is 0 Å². The Bertz CT molecular complexity index is 879. The molecule has 0 unspecified atom stereocenters. The summed E-state index contributed by atoms with van der Waals surface area (Å²) in [5.41, 5.74) is -1.30. The van der Waals surface area contributed by atoms with Crippen molar-refractivity contribution in [2.45, 2.75) is 6.55 Å². The van der Waals surface area contributed by atoms with Crippen molar-refractivity contribution < 1.29 is 17.2 Å². The van der Waals surface area contributed by atoms with Crippen LogP contribution in [0.1, 0.15) is 6.55 Å². The van der Waals surface area contributed by atoms with Gasteiger partial charge in [-0.15, -0.1) is 0 Å². The summed E-state index contributed by atoms with van der Waals surface area (Å²) in [6, 6.07) is 2.29. The second kappa shape index (κ2) is 5.86. The summed E-state index contributed by atoms with van der Waals surface area (Å²) in [4.78, 5) is 11.8. The number of hydrogen-bond donors (Lipinski definition) is 1. The van der Waals surface area contributed by atoms with E-state index in [-0.39, 0.29) is 26.0 Å². The quantitative estimate of drug-likeness (QED) is 0.890. The lowest BCUT2D eigenvalue weighted by Gasteiger charge is -2.10. The molecule has 0 bridgehead atoms. The highest BCUT2D eigenvalue weighted by Crippen LogP contribution is 2.31. The Kier molecular flexibility index (Phi) is 4.45. The van der Waals surface area contributed by atoms with Crippen LogP contribution >= 0.6 is 23.2 Å². The van der Waals surface area contributed by atoms with E-state index < -0.39 is 22.3 Å². The van der Waals surface area contributed by atoms with Gasteiger partial charge in [-0.2, -0.15) is 18.6 Å². The summed E-state index contributed by atoms with van der Waals surface area (Å²) in [5.74, 6) is 0. The molecule has 2 rings (SSSR count). The zero-order chi connectivity index (χ0) is 16.7. The number of nitrogens with zero attached hydrogens (tertiary/aromatic N) is 3. The van der Waals surface area contributed by atoms with E-state index in [1.165, 1.54) is 6.07 Å². The average molecular weight is 373 g/mol. The number of anilines is 1. The van der Waals surface area contributed by atoms with Crippen molar-refractivity contribution in [1.29, 1.82) is 0 Å². The molecule has 120 valence electrons. The van der Waals surface area contributed by atoms with Gasteiger partial charge in [0, 0.05) is 0 Å². The van der Waals surface area contributed by atoms with Gasteiger partial charge in [0.05, 0.1) is 27.7 Å². The molecule has 22 heavy (non-hydrogen) atoms. The van der Waals surface area contributed by atoms with Gasteiger partial charge in [0.1, 0.15) is 6.33 Å². The predicted molar refractivity (Wildman–Crippen MR) is 77.6 cm³/mol. The maximum atomic E-state index is 12.6. The summed E-state index contributed by atoms with van der Waals surface area (Å²) in [7, 11) is -3.64. The van der Waals surface area contributed by atoms with Crippen LogP contribution < -0.4 is 10.4 Å². The molecule has 1 aromatic heterocycles. The third-order valence-electron chi connectivity index (χ3n) is 2.46. The largest absolute Gasteiger partial charge is 0.355 e. The van der Waals surface area contributed by atoms with E-state index >= 15 is 0 Å². The Labute approximate surface area is 133 Å². The molecule has 0 aliphatic heterocycles. The summed E-state index contributed by atoms with van der Waals surface area (Å²) in [6.07, 6.45) is 1.54. The molecule has 0 radical (unpaired) electrons. The lowest BCUT2D eigenvalue weighted by Crippen LogP contribution is -2.24. The second-order valence-corrected chi connectivity index (χ2v) is 6.73. The molecule has 0 fully saturated rings. The minimum absolute atomic E-state index is 0.0273. The number of sulfonamides is 1. The van der Waals surface area contributed by atoms with Gasteiger partial charge < -0.3 is 0 Å². The first-order chi connectivity index (χ1) is 10.1. The predicted octanol–water partition coefficient (Wildman–Crippen LogP) is 2.11. The normalized spacial score (nSPS) is 11.9. The number of nitrogens with one attached hydrogen (secondary N) is 1. The lowest BCUT2D eigenvalue weighted by atomic mass is 10.3. The molecule has 0 aliphatic rings. The molecule has 0 saturated carbocycles. The fraction of sp³-hybridized carbons (Fsp3) is 0.200. The highest BCUT2D eigenvalue weighted by molar-refractivity contribution is 7.92. The smallest absolute Gasteiger partial charge is 0.282 e. The van der Waals surface area contributed by atoms with Gasteiger partial charge >= 0.3 is 12.2 Å². The van der Waals surface area contributed by atoms with Crippen LogP contribution in [0.15, 0.2) is 23.3 Å². The molecule has 2 aromatic rings. The van der Waals surface area contributed by atoms with E-state index in [9.17, 15) is 22.0 Å². The highest BCUT2D eigenvalue weighted by Gasteiger charge is 2.18. The molecule has 0 atom stereocenters. The van der Waals surface area contributed by atoms with Crippen molar-refractivity contribution >= 4 is 38.9 Å². The molecule has 0 amide bonds. The highest BCUT2D eigenvalue weighted by atomic mass is 35.5. The van der Waals surface area contributed by atoms with Crippen molar-refractivity contribution in [3.05, 3.63) is 39.0 Å². The van der Waals surface area contributed by atoms with Crippen molar-refractivity contribution in [3.63, 3.8) is 0 Å². The van der Waals surface area contributed by atoms with Crippen LogP contribution in [-0.2, 0) is 10.0 Å². The minimum atomic E-state index is -3.64. The van der Waals surface area contributed by atoms with E-state index in [1.54, 1.807) is 0 Å². The van der Waals surface area contributed by atoms with Gasteiger partial charge in [0.15, 0.2) is 0 Å². The van der Waals surface area contributed by atoms with Gasteiger partial charge in [-0.05, 0) is 12.1 Å². The molecule has 0 saturated heterocycles. The van der Waals surface area contributed by atoms with E-state index in [4.69, 9.17) is 23.2 Å². The van der Waals surface area contributed by atoms with Crippen LogP contribution in [0.5, 0.6) is 0 Å². The van der Waals surface area contributed by atoms with Crippen molar-refractivity contribution in [2.75, 3.05) is 11.0 Å². The van der Waals surface area contributed by atoms with Gasteiger partial charge in [0.25, 0.3) is 0 Å². The van der Waals surface area contributed by atoms with Crippen LogP contribution in [0.2, 0.25) is 10.0 Å². The zero-order valence-electron chi connectivity index (χ0n) is 10.8. The van der Waals surface area contributed by atoms with E-state index in [0.717, 1.165) is 12.3 Å². The zero-order valence-corrected chi connectivity index (χ0v) is 13.1. The first-order valence-corrected chi connectivity index (χ1v) is 8.16. The number of aromatic nitrogens is 3. The molecule has 12 heteroatoms. The fourth-order valence-corrected chi connectivity index (χ4v) is 2.73. The SMILES string of the molecule is CS(=O)(=O)Nc1cc(-n2ncn(C(F)F)c2=O)c(Cl)cc1Cl. The Morgan fingerprint density at radius 2 is 1.91 bits per heavy atom. The Morgan fingerprint density at radius 3 is 2.41 bits per heavy atom. The van der Waals surface area contributed by atoms with E-state index in [0.29, 0.717) is 11.0 Å². The minimum Gasteiger partial charge on any atom is -0.282 e. The van der Waals surface area contributed by atoms with Gasteiger partial charge in [-0.1, -0.05) is 23.2 Å². The van der Waals surface area contributed by atoms with Crippen LogP contribution in [-0.4, -0.2) is 29.0 Å². The Hall–Kier alpha value is -1.65. The topological polar surface area (TPSA) is 86.0 Å². The molecular formula is C10H8Cl2F2N4O3S. The monoisotopic (exact) mass is 372 g/mol. The van der Waals surface area contributed by atoms with Crippen LogP contribution in [0.3, 0.4) is 0 Å². The molecule has 0 aliphatic carbocycles. The average Bonchev–Trinajstić information content (AvgIpc) is 2.73. The standard InChI is InChI=1S/C10H8Cl2F2N4O3S/c1-22(20,21)16-7-3-8(6(12)2-5(7)11)18-10(19)17(4-15-18)9(13)14/h2-4,9,16H,1H3. The third-order valence-corrected chi connectivity index (χ3v) is 3.67. The third kappa shape index (κ3) is 3.39. The number of alkyl halides is 2. The molecule has 1 heterocycles. The van der Waals surface area contributed by atoms with Gasteiger partial charge in [-0.25, -0.2) is 17.8 Å². The summed E-state index contributed by atoms with van der Waals surface area (Å²) in [5, 5.41) is 3.43. The van der Waals surface area contributed by atoms with Crippen molar-refractivity contribution in [3.8, 4) is 5.69 Å². The molecule has 1 N–H and O–H groups in total. The van der Waals surface area contributed by atoms with Crippen molar-refractivity contribution in [2.24, 2.45) is 0 Å². The van der Waals surface area contributed by atoms with Gasteiger partial charge in [0.2, 0.25) is 10.0 Å². The van der Waals surface area contributed by atoms with Crippen LogP contribution in [0.25, 0.3) is 5.69 Å². The first-order valence-electron chi connectivity index (χ1n) is 5.51. The number of rotatable bonds is 4. The lowest BCUT2D eigenvalue weighted by molar-refractivity contribution is 0.0661. The number of benzene rings is 1. The Morgan fingerprint density at radius 1 is 1.27 bits per heavy atom. The first kappa shape index (κ1) is 16.7. The number of hydrogen-bond acceptors (Lipinski definition) is 4. The summed E-state index contributed by atoms with van der Waals surface area (Å²) < 4.78 is 50.5. The molecule has 7 nitrogen and oxygen atoms in total. The molecule has 0 spiro atoms. The second-order valence-electron chi connectivity index (χ2n) is 4.17. The molecule has 1 aromatic carbocycles. The van der Waals surface area contributed by atoms with Gasteiger partial charge in [-0.3, -0.25) is 4.72 Å². The maximum Gasteiger partial charge on any atom is 0.355 e. The summed E-state index contributed by atoms with van der Waals surface area (Å²) >= 11 is 11.8.